The smallest absolute Gasteiger partial charge is 0.0889 e. The lowest BCUT2D eigenvalue weighted by Crippen LogP contribution is -2.16. The van der Waals surface area contributed by atoms with Crippen LogP contribution in [0.3, 0.4) is 0 Å². The molecule has 0 heterocycles. The third kappa shape index (κ3) is 2.83. The largest absolute Gasteiger partial charge is 0.114 e. The Bertz CT molecular complexity index is 1800. The van der Waals surface area contributed by atoms with Gasteiger partial charge < -0.3 is 0 Å². The minimum atomic E-state index is 0.0389. The maximum Gasteiger partial charge on any atom is 0.114 e. The number of fused-ring (bicyclic) bond motifs is 4. The van der Waals surface area contributed by atoms with E-state index in [9.17, 15) is 0 Å². The molecule has 0 fully saturated rings. The fourth-order valence-electron chi connectivity index (χ4n) is 6.52. The van der Waals surface area contributed by atoms with Crippen molar-refractivity contribution in [2.45, 2.75) is 27.2 Å². The quantitative estimate of drug-likeness (QED) is 0.228. The van der Waals surface area contributed by atoms with Crippen LogP contribution in [0.25, 0.3) is 60.5 Å². The molecule has 0 saturated carbocycles. The molecule has 5 aromatic rings. The van der Waals surface area contributed by atoms with Crippen LogP contribution in [0.2, 0.25) is 0 Å². The van der Waals surface area contributed by atoms with Gasteiger partial charge in [-0.3, -0.25) is 0 Å². The second kappa shape index (κ2) is 7.58. The van der Waals surface area contributed by atoms with Gasteiger partial charge in [0.1, 0.15) is 7.85 Å². The average Bonchev–Trinajstić information content (AvgIpc) is 3.21. The van der Waals surface area contributed by atoms with Crippen LogP contribution in [-0.2, 0) is 0 Å². The minimum Gasteiger partial charge on any atom is -0.0889 e. The SMILES string of the molecule is [B]c1ccc2c3c(cccc13)-c1c-2c(-c2ccccc2C)c2ccccc2c1C1=CC=CCC1(C)C. The van der Waals surface area contributed by atoms with Crippen molar-refractivity contribution in [3.8, 4) is 33.4 Å². The molecule has 2 aliphatic carbocycles. The zero-order valence-corrected chi connectivity index (χ0v) is 21.0. The zero-order chi connectivity index (χ0) is 24.6. The molecule has 0 amide bonds. The van der Waals surface area contributed by atoms with Gasteiger partial charge in [0.15, 0.2) is 0 Å². The first-order chi connectivity index (χ1) is 17.5. The summed E-state index contributed by atoms with van der Waals surface area (Å²) in [5.41, 5.74) is 12.9. The Morgan fingerprint density at radius 2 is 1.28 bits per heavy atom. The second-order valence-corrected chi connectivity index (χ2v) is 10.9. The summed E-state index contributed by atoms with van der Waals surface area (Å²) in [6.45, 7) is 6.97. The maximum absolute atomic E-state index is 6.53. The van der Waals surface area contributed by atoms with E-state index < -0.39 is 0 Å². The predicted octanol–water partition coefficient (Wildman–Crippen LogP) is 8.78. The summed E-state index contributed by atoms with van der Waals surface area (Å²) >= 11 is 0. The molecule has 2 radical (unpaired) electrons. The molecule has 5 aromatic carbocycles. The molecule has 170 valence electrons. The summed E-state index contributed by atoms with van der Waals surface area (Å²) in [4.78, 5) is 0. The van der Waals surface area contributed by atoms with Crippen LogP contribution in [0, 0.1) is 12.3 Å². The summed E-state index contributed by atoms with van der Waals surface area (Å²) < 4.78 is 0. The van der Waals surface area contributed by atoms with Gasteiger partial charge in [-0.15, -0.1) is 0 Å². The van der Waals surface area contributed by atoms with Crippen molar-refractivity contribution >= 4 is 40.4 Å². The lowest BCUT2D eigenvalue weighted by atomic mass is 9.71. The first kappa shape index (κ1) is 21.4. The lowest BCUT2D eigenvalue weighted by molar-refractivity contribution is 0.506. The lowest BCUT2D eigenvalue weighted by Gasteiger charge is -2.32. The summed E-state index contributed by atoms with van der Waals surface area (Å²) in [5.74, 6) is 0. The molecule has 1 heteroatoms. The third-order valence-corrected chi connectivity index (χ3v) is 8.27. The standard InChI is InChI=1S/C35H27B/c1-21-11-4-5-12-22(21)31-23-13-6-7-14-24(23)32(28-17-8-9-20-35(28,2)3)34-26-16-10-15-25-29(36)19-18-27(30(25)26)33(31)34/h4-19H,20H2,1-3H3. The monoisotopic (exact) mass is 458 g/mol. The Hall–Kier alpha value is -3.84. The molecule has 0 aromatic heterocycles. The van der Waals surface area contributed by atoms with E-state index in [2.05, 4.69) is 118 Å². The summed E-state index contributed by atoms with van der Waals surface area (Å²) in [7, 11) is 6.53. The molecular weight excluding hydrogens is 431 g/mol. The van der Waals surface area contributed by atoms with Crippen molar-refractivity contribution in [1.82, 2.24) is 0 Å². The number of rotatable bonds is 2. The van der Waals surface area contributed by atoms with Crippen LogP contribution in [0.1, 0.15) is 31.4 Å². The third-order valence-electron chi connectivity index (χ3n) is 8.27. The fraction of sp³-hybridized carbons (Fsp3) is 0.143. The molecule has 0 saturated heterocycles. The van der Waals surface area contributed by atoms with E-state index >= 15 is 0 Å². The van der Waals surface area contributed by atoms with Crippen LogP contribution in [-0.4, -0.2) is 7.85 Å². The molecule has 0 spiro atoms. The number of hydrogen-bond acceptors (Lipinski definition) is 0. The van der Waals surface area contributed by atoms with Gasteiger partial charge in [0.2, 0.25) is 0 Å². The van der Waals surface area contributed by atoms with Crippen molar-refractivity contribution in [1.29, 1.82) is 0 Å². The van der Waals surface area contributed by atoms with Gasteiger partial charge in [0, 0.05) is 0 Å². The zero-order valence-electron chi connectivity index (χ0n) is 21.0. The highest BCUT2D eigenvalue weighted by Gasteiger charge is 2.35. The second-order valence-electron chi connectivity index (χ2n) is 10.9. The van der Waals surface area contributed by atoms with Crippen molar-refractivity contribution in [2.24, 2.45) is 5.41 Å². The molecule has 7 rings (SSSR count). The minimum absolute atomic E-state index is 0.0389. The van der Waals surface area contributed by atoms with Crippen LogP contribution in [0.5, 0.6) is 0 Å². The Balaban J connectivity index is 1.77. The van der Waals surface area contributed by atoms with Crippen LogP contribution < -0.4 is 5.46 Å². The van der Waals surface area contributed by atoms with Gasteiger partial charge in [-0.2, -0.15) is 0 Å². The molecular formula is C35H27B. The summed E-state index contributed by atoms with van der Waals surface area (Å²) in [6, 6.07) is 28.8. The van der Waals surface area contributed by atoms with Gasteiger partial charge in [-0.1, -0.05) is 116 Å². The fourth-order valence-corrected chi connectivity index (χ4v) is 6.52. The van der Waals surface area contributed by atoms with E-state index in [1.165, 1.54) is 66.2 Å². The average molecular weight is 458 g/mol. The van der Waals surface area contributed by atoms with Crippen molar-refractivity contribution in [2.75, 3.05) is 0 Å². The highest BCUT2D eigenvalue weighted by molar-refractivity contribution is 6.41. The highest BCUT2D eigenvalue weighted by Crippen LogP contribution is 2.58. The first-order valence-electron chi connectivity index (χ1n) is 12.8. The molecule has 0 bridgehead atoms. The van der Waals surface area contributed by atoms with Crippen molar-refractivity contribution in [3.05, 3.63) is 108 Å². The van der Waals surface area contributed by atoms with E-state index in [1.54, 1.807) is 0 Å². The van der Waals surface area contributed by atoms with Crippen LogP contribution in [0.4, 0.5) is 0 Å². The van der Waals surface area contributed by atoms with E-state index in [0.717, 1.165) is 17.3 Å². The molecule has 0 nitrogen and oxygen atoms in total. The number of allylic oxidation sites excluding steroid dienone is 4. The van der Waals surface area contributed by atoms with Gasteiger partial charge in [0.05, 0.1) is 0 Å². The molecule has 0 aliphatic heterocycles. The maximum atomic E-state index is 6.53. The van der Waals surface area contributed by atoms with Gasteiger partial charge >= 0.3 is 0 Å². The number of benzene rings is 5. The van der Waals surface area contributed by atoms with Crippen LogP contribution >= 0.6 is 0 Å². The summed E-state index contributed by atoms with van der Waals surface area (Å²) in [5, 5.41) is 5.05. The van der Waals surface area contributed by atoms with E-state index in [4.69, 9.17) is 7.85 Å². The Morgan fingerprint density at radius 3 is 2.06 bits per heavy atom. The molecule has 2 aliphatic rings. The number of aryl methyl sites for hydroxylation is 1. The van der Waals surface area contributed by atoms with E-state index in [-0.39, 0.29) is 5.41 Å². The van der Waals surface area contributed by atoms with Crippen LogP contribution in [0.15, 0.2) is 97.1 Å². The van der Waals surface area contributed by atoms with Crippen molar-refractivity contribution < 1.29 is 0 Å². The number of hydrogen-bond donors (Lipinski definition) is 0. The predicted molar refractivity (Wildman–Crippen MR) is 157 cm³/mol. The van der Waals surface area contributed by atoms with Gasteiger partial charge in [0.25, 0.3) is 0 Å². The Morgan fingerprint density at radius 1 is 0.639 bits per heavy atom. The van der Waals surface area contributed by atoms with E-state index in [1.807, 2.05) is 0 Å². The molecule has 0 atom stereocenters. The Kier molecular flexibility index (Phi) is 4.52. The first-order valence-corrected chi connectivity index (χ1v) is 12.8. The van der Waals surface area contributed by atoms with Gasteiger partial charge in [-0.25, -0.2) is 0 Å². The topological polar surface area (TPSA) is 0 Å². The van der Waals surface area contributed by atoms with Gasteiger partial charge in [-0.05, 0) is 90.4 Å². The normalized spacial score (nSPS) is 15.4. The molecule has 36 heavy (non-hydrogen) atoms. The summed E-state index contributed by atoms with van der Waals surface area (Å²) in [6.07, 6.45) is 7.91. The molecule has 0 unspecified atom stereocenters. The highest BCUT2D eigenvalue weighted by atomic mass is 14.4. The van der Waals surface area contributed by atoms with E-state index in [0.29, 0.717) is 0 Å². The van der Waals surface area contributed by atoms with Crippen molar-refractivity contribution in [3.63, 3.8) is 0 Å². The Labute approximate surface area is 214 Å². The molecule has 0 N–H and O–H groups in total.